The molecule has 0 saturated heterocycles. The molecule has 0 N–H and O–H groups in total. The molecule has 2 unspecified atom stereocenters. The van der Waals surface area contributed by atoms with Gasteiger partial charge in [0.1, 0.15) is 8.07 Å². The molecule has 4 aliphatic carbocycles. The SMILES string of the molecule is C[Si]1(C)c2cc(-n3c4c(c5ccccc53)CCCC4)ccc2B2c3ccc(-n4c5c(c6c4CCCC6)CCCC5)cc3[Si](c3ccccc3)(c3ccccc3)c3cc(N4c5ccccc5C5CCCCCC54)cc1c32. The Morgan fingerprint density at radius 3 is 1.71 bits per heavy atom. The van der Waals surface area contributed by atoms with Crippen molar-refractivity contribution >= 4 is 92.6 Å². The van der Waals surface area contributed by atoms with Crippen LogP contribution in [0, 0.1) is 0 Å². The number of aromatic nitrogens is 2. The van der Waals surface area contributed by atoms with Crippen molar-refractivity contribution in [1.82, 2.24) is 9.13 Å². The van der Waals surface area contributed by atoms with E-state index in [9.17, 15) is 0 Å². The van der Waals surface area contributed by atoms with E-state index in [1.165, 1.54) is 152 Å². The number of aryl methyl sites for hydroxylation is 1. The number of hydrogen-bond donors (Lipinski definition) is 0. The maximum absolute atomic E-state index is 3.08. The van der Waals surface area contributed by atoms with Crippen LogP contribution < -0.4 is 52.4 Å². The van der Waals surface area contributed by atoms with Gasteiger partial charge in [0, 0.05) is 57.2 Å². The lowest BCUT2D eigenvalue weighted by molar-refractivity contribution is 0.529. The van der Waals surface area contributed by atoms with Crippen molar-refractivity contribution in [3.8, 4) is 11.4 Å². The first kappa shape index (κ1) is 44.9. The number of para-hydroxylation sites is 2. The van der Waals surface area contributed by atoms with E-state index in [0.717, 1.165) is 6.42 Å². The average molecular weight is 1010 g/mol. The Bertz CT molecular complexity index is 3720. The number of rotatable bonds is 5. The van der Waals surface area contributed by atoms with Gasteiger partial charge in [-0.1, -0.05) is 168 Å². The van der Waals surface area contributed by atoms with Crippen LogP contribution in [-0.4, -0.2) is 38.0 Å². The van der Waals surface area contributed by atoms with Crippen LogP contribution in [0.25, 0.3) is 22.3 Å². The summed E-state index contributed by atoms with van der Waals surface area (Å²) in [6, 6.07) is 65.0. The summed E-state index contributed by atoms with van der Waals surface area (Å²) in [5.41, 5.74) is 23.1. The molecule has 0 amide bonds. The summed E-state index contributed by atoms with van der Waals surface area (Å²) in [6.45, 7) is 5.59. The van der Waals surface area contributed by atoms with Crippen LogP contribution in [0.4, 0.5) is 11.4 Å². The third kappa shape index (κ3) is 6.33. The average Bonchev–Trinajstić information content (AvgIpc) is 4.02. The first-order valence-corrected chi connectivity index (χ1v) is 34.3. The molecule has 75 heavy (non-hydrogen) atoms. The van der Waals surface area contributed by atoms with Gasteiger partial charge in [-0.25, -0.2) is 0 Å². The number of nitrogens with zero attached hydrogens (tertiary/aromatic N) is 3. The number of hydrogen-bond acceptors (Lipinski definition) is 1. The molecule has 2 aromatic heterocycles. The van der Waals surface area contributed by atoms with Crippen LogP contribution in [0.1, 0.15) is 116 Å². The summed E-state index contributed by atoms with van der Waals surface area (Å²) in [7, 11) is -5.54. The fourth-order valence-electron chi connectivity index (χ4n) is 17.3. The molecule has 0 bridgehead atoms. The fourth-order valence-corrected chi connectivity index (χ4v) is 25.9. The minimum atomic E-state index is -3.08. The van der Waals surface area contributed by atoms with Crippen LogP contribution in [0.3, 0.4) is 0 Å². The lowest BCUT2D eigenvalue weighted by Crippen LogP contribution is -2.92. The summed E-state index contributed by atoms with van der Waals surface area (Å²) in [6.07, 6.45) is 21.4. The van der Waals surface area contributed by atoms with Gasteiger partial charge >= 0.3 is 0 Å². The molecule has 5 heterocycles. The highest BCUT2D eigenvalue weighted by atomic mass is 28.3. The van der Waals surface area contributed by atoms with E-state index in [1.54, 1.807) is 71.0 Å². The van der Waals surface area contributed by atoms with Gasteiger partial charge in [-0.15, -0.1) is 0 Å². The van der Waals surface area contributed by atoms with Crippen molar-refractivity contribution in [3.63, 3.8) is 0 Å². The van der Waals surface area contributed by atoms with Gasteiger partial charge in [0.05, 0.1) is 5.52 Å². The van der Waals surface area contributed by atoms with Gasteiger partial charge in [0.2, 0.25) is 6.71 Å². The predicted octanol–water partition coefficient (Wildman–Crippen LogP) is 9.97. The molecule has 7 aromatic carbocycles. The van der Waals surface area contributed by atoms with Crippen LogP contribution in [0.2, 0.25) is 13.1 Å². The quantitative estimate of drug-likeness (QED) is 0.157. The molecule has 3 nitrogen and oxygen atoms in total. The van der Waals surface area contributed by atoms with E-state index >= 15 is 0 Å². The van der Waals surface area contributed by atoms with Crippen molar-refractivity contribution in [1.29, 1.82) is 0 Å². The van der Waals surface area contributed by atoms with Crippen LogP contribution in [0.5, 0.6) is 0 Å². The zero-order valence-corrected chi connectivity index (χ0v) is 46.1. The van der Waals surface area contributed by atoms with E-state index in [1.807, 2.05) is 0 Å². The molecular weight excluding hydrogens is 938 g/mol. The van der Waals surface area contributed by atoms with E-state index in [-0.39, 0.29) is 6.71 Å². The highest BCUT2D eigenvalue weighted by molar-refractivity contribution is 7.28. The molecule has 7 aliphatic rings. The Hall–Kier alpha value is -6.34. The monoisotopic (exact) mass is 1010 g/mol. The summed E-state index contributed by atoms with van der Waals surface area (Å²) in [4.78, 5) is 2.91. The first-order valence-electron chi connectivity index (χ1n) is 29.3. The third-order valence-electron chi connectivity index (χ3n) is 20.4. The first-order chi connectivity index (χ1) is 37.0. The highest BCUT2D eigenvalue weighted by Crippen LogP contribution is 2.50. The molecule has 16 rings (SSSR count). The second-order valence-corrected chi connectivity index (χ2v) is 32.4. The van der Waals surface area contributed by atoms with E-state index in [4.69, 9.17) is 0 Å². The lowest BCUT2D eigenvalue weighted by atomic mass is 9.36. The summed E-state index contributed by atoms with van der Waals surface area (Å²) in [5.74, 6) is 0.562. The van der Waals surface area contributed by atoms with Crippen LogP contribution in [0.15, 0.2) is 158 Å². The number of benzene rings is 7. The molecule has 370 valence electrons. The number of anilines is 2. The molecule has 1 fully saturated rings. The molecular formula is C69H68BN3Si2. The van der Waals surface area contributed by atoms with Crippen molar-refractivity contribution in [2.75, 3.05) is 4.90 Å². The zero-order chi connectivity index (χ0) is 49.6. The van der Waals surface area contributed by atoms with Crippen LogP contribution in [-0.2, 0) is 38.5 Å². The summed E-state index contributed by atoms with van der Waals surface area (Å²) < 4.78 is 5.53. The van der Waals surface area contributed by atoms with Gasteiger partial charge in [-0.3, -0.25) is 0 Å². The normalized spacial score (nSPS) is 20.5. The number of fused-ring (bicyclic) bond motifs is 13. The molecule has 0 radical (unpaired) electrons. The van der Waals surface area contributed by atoms with E-state index in [0.29, 0.717) is 12.0 Å². The van der Waals surface area contributed by atoms with Crippen molar-refractivity contribution in [3.05, 3.63) is 197 Å². The summed E-state index contributed by atoms with van der Waals surface area (Å²) in [5, 5.41) is 11.0. The molecule has 6 heteroatoms. The maximum atomic E-state index is 2.91. The molecule has 0 spiro atoms. The highest BCUT2D eigenvalue weighted by Gasteiger charge is 2.55. The lowest BCUT2D eigenvalue weighted by Gasteiger charge is -2.49. The van der Waals surface area contributed by atoms with Gasteiger partial charge in [0.15, 0.2) is 8.07 Å². The minimum Gasteiger partial charge on any atom is -0.338 e. The Morgan fingerprint density at radius 2 is 0.987 bits per heavy atom. The fraction of sp³-hybridized carbons (Fsp3) is 0.304. The van der Waals surface area contributed by atoms with Crippen molar-refractivity contribution < 1.29 is 0 Å². The Labute approximate surface area is 446 Å². The molecule has 9 aromatic rings. The van der Waals surface area contributed by atoms with Crippen molar-refractivity contribution in [2.45, 2.75) is 134 Å². The van der Waals surface area contributed by atoms with Gasteiger partial charge in [-0.05, 0) is 181 Å². The Balaban J connectivity index is 1.03. The molecule has 1 saturated carbocycles. The smallest absolute Gasteiger partial charge is 0.240 e. The largest absolute Gasteiger partial charge is 0.338 e. The molecule has 2 atom stereocenters. The zero-order valence-electron chi connectivity index (χ0n) is 44.1. The van der Waals surface area contributed by atoms with Gasteiger partial charge in [-0.2, -0.15) is 0 Å². The van der Waals surface area contributed by atoms with E-state index in [2.05, 4.69) is 185 Å². The molecule has 3 aliphatic heterocycles. The van der Waals surface area contributed by atoms with Gasteiger partial charge in [0.25, 0.3) is 0 Å². The summed E-state index contributed by atoms with van der Waals surface area (Å²) >= 11 is 0. The second-order valence-electron chi connectivity index (χ2n) is 24.4. The standard InChI is InChI=1S/C69H68BN3Si2/c1-74(2)65-42-46(71-59-33-17-12-27-52(59)53-28-13-18-34-60(53)71)38-40-57(65)70-58-41-39-47(72-61-35-19-14-29-54(61)55-30-15-20-36-62(55)72)43-66(58)75(49-22-6-3-7-23-49,50-24-8-4-9-25-50)68-45-48(44-67(74)69(68)70)73-63-32-11-5-10-26-51(63)56-31-16-21-37-64(56)73/h3-4,6-9,12,16-17,21-25,27,31,33,37-45,51,63H,5,10-11,13-15,18-20,26,28-30,32,34-36H2,1-2H3. The Morgan fingerprint density at radius 1 is 0.440 bits per heavy atom. The minimum absolute atomic E-state index is 0.130. The maximum Gasteiger partial charge on any atom is 0.240 e. The predicted molar refractivity (Wildman–Crippen MR) is 322 cm³/mol. The van der Waals surface area contributed by atoms with E-state index < -0.39 is 16.1 Å². The van der Waals surface area contributed by atoms with Crippen LogP contribution >= 0.6 is 0 Å². The van der Waals surface area contributed by atoms with Crippen molar-refractivity contribution in [2.24, 2.45) is 0 Å². The van der Waals surface area contributed by atoms with Gasteiger partial charge < -0.3 is 14.0 Å². The Kier molecular flexibility index (Phi) is 10.2. The third-order valence-corrected chi connectivity index (χ3v) is 28.8. The second kappa shape index (κ2) is 17.1. The topological polar surface area (TPSA) is 13.1 Å².